The van der Waals surface area contributed by atoms with E-state index in [1.165, 1.54) is 29.7 Å². The molecule has 0 unspecified atom stereocenters. The number of aromatic amines is 1. The van der Waals surface area contributed by atoms with Crippen LogP contribution in [0.4, 0.5) is 0 Å². The summed E-state index contributed by atoms with van der Waals surface area (Å²) < 4.78 is 6.07. The highest BCUT2D eigenvalue weighted by Crippen LogP contribution is 2.40. The van der Waals surface area contributed by atoms with Crippen molar-refractivity contribution in [3.05, 3.63) is 59.7 Å². The van der Waals surface area contributed by atoms with Gasteiger partial charge in [-0.05, 0) is 43.6 Å². The van der Waals surface area contributed by atoms with Crippen molar-refractivity contribution < 1.29 is 4.74 Å². The predicted octanol–water partition coefficient (Wildman–Crippen LogP) is 3.71. The summed E-state index contributed by atoms with van der Waals surface area (Å²) in [4.78, 5) is 2.53. The molecule has 0 radical (unpaired) electrons. The van der Waals surface area contributed by atoms with Gasteiger partial charge in [-0.25, -0.2) is 0 Å². The number of aromatic nitrogens is 2. The molecule has 1 saturated heterocycles. The van der Waals surface area contributed by atoms with Gasteiger partial charge in [0.1, 0.15) is 5.75 Å². The monoisotopic (exact) mass is 388 g/mol. The Morgan fingerprint density at radius 2 is 2.00 bits per heavy atom. The summed E-state index contributed by atoms with van der Waals surface area (Å²) >= 11 is 0. The number of benzene rings is 2. The van der Waals surface area contributed by atoms with Crippen molar-refractivity contribution >= 4 is 0 Å². The lowest BCUT2D eigenvalue weighted by Crippen LogP contribution is -2.29. The van der Waals surface area contributed by atoms with E-state index in [-0.39, 0.29) is 0 Å². The number of ether oxygens (including phenoxy) is 1. The van der Waals surface area contributed by atoms with E-state index >= 15 is 0 Å². The third-order valence-corrected chi connectivity index (χ3v) is 5.95. The van der Waals surface area contributed by atoms with E-state index in [4.69, 9.17) is 4.74 Å². The molecule has 2 aromatic carbocycles. The molecule has 2 N–H and O–H groups in total. The normalized spacial score (nSPS) is 16.3. The molecule has 0 bridgehead atoms. The van der Waals surface area contributed by atoms with Crippen LogP contribution in [0.5, 0.6) is 5.75 Å². The minimum absolute atomic E-state index is 0.748. The summed E-state index contributed by atoms with van der Waals surface area (Å²) in [5.74, 6) is 0.923. The quantitative estimate of drug-likeness (QED) is 0.495. The molecule has 0 atom stereocenters. The minimum Gasteiger partial charge on any atom is -0.494 e. The molecule has 1 aromatic heterocycles. The maximum atomic E-state index is 6.07. The maximum absolute atomic E-state index is 6.07. The van der Waals surface area contributed by atoms with Crippen molar-refractivity contribution in [3.8, 4) is 28.3 Å². The molecular formula is C24H28N4O. The van der Waals surface area contributed by atoms with Gasteiger partial charge in [0, 0.05) is 42.7 Å². The first-order valence-corrected chi connectivity index (χ1v) is 10.7. The van der Waals surface area contributed by atoms with Crippen molar-refractivity contribution in [2.45, 2.75) is 19.3 Å². The van der Waals surface area contributed by atoms with Crippen LogP contribution >= 0.6 is 0 Å². The highest BCUT2D eigenvalue weighted by molar-refractivity contribution is 5.81. The standard InChI is InChI=1S/C24H28N4O/c1-2-9-21-18(6-1)17-22-23(26-27-24(21)22)19-7-3-8-20(16-19)29-15-5-13-28-12-4-10-25-11-14-28/h1-3,6-9,16,25H,4-5,10-15,17H2,(H,26,27). The molecule has 150 valence electrons. The first kappa shape index (κ1) is 18.4. The Hall–Kier alpha value is -2.63. The summed E-state index contributed by atoms with van der Waals surface area (Å²) in [5.41, 5.74) is 7.25. The van der Waals surface area contributed by atoms with E-state index in [1.54, 1.807) is 0 Å². The van der Waals surface area contributed by atoms with E-state index in [9.17, 15) is 0 Å². The molecular weight excluding hydrogens is 360 g/mol. The average molecular weight is 389 g/mol. The number of nitrogens with one attached hydrogen (secondary N) is 2. The van der Waals surface area contributed by atoms with Crippen LogP contribution < -0.4 is 10.1 Å². The number of fused-ring (bicyclic) bond motifs is 3. The molecule has 0 spiro atoms. The van der Waals surface area contributed by atoms with Gasteiger partial charge in [0.2, 0.25) is 0 Å². The van der Waals surface area contributed by atoms with Gasteiger partial charge in [-0.3, -0.25) is 5.10 Å². The van der Waals surface area contributed by atoms with E-state index in [1.807, 2.05) is 6.07 Å². The highest BCUT2D eigenvalue weighted by Gasteiger charge is 2.24. The van der Waals surface area contributed by atoms with Crippen LogP contribution in [0.25, 0.3) is 22.5 Å². The van der Waals surface area contributed by atoms with Gasteiger partial charge in [-0.15, -0.1) is 0 Å². The fraction of sp³-hybridized carbons (Fsp3) is 0.375. The summed E-state index contributed by atoms with van der Waals surface area (Å²) in [5, 5.41) is 11.3. The van der Waals surface area contributed by atoms with Gasteiger partial charge >= 0.3 is 0 Å². The molecule has 1 aliphatic carbocycles. The van der Waals surface area contributed by atoms with Crippen LogP contribution in [0.15, 0.2) is 48.5 Å². The Bertz CT molecular complexity index is 973. The predicted molar refractivity (Wildman–Crippen MR) is 116 cm³/mol. The van der Waals surface area contributed by atoms with Crippen LogP contribution in [0.1, 0.15) is 24.0 Å². The van der Waals surface area contributed by atoms with Crippen LogP contribution in [-0.4, -0.2) is 54.4 Å². The third-order valence-electron chi connectivity index (χ3n) is 5.95. The molecule has 5 rings (SSSR count). The molecule has 2 heterocycles. The molecule has 0 amide bonds. The average Bonchev–Trinajstić information content (AvgIpc) is 3.21. The van der Waals surface area contributed by atoms with Crippen molar-refractivity contribution in [2.75, 3.05) is 39.3 Å². The van der Waals surface area contributed by atoms with Crippen LogP contribution in [0.3, 0.4) is 0 Å². The number of H-pyrrole nitrogens is 1. The first-order valence-electron chi connectivity index (χ1n) is 10.7. The van der Waals surface area contributed by atoms with Crippen LogP contribution in [0, 0.1) is 0 Å². The van der Waals surface area contributed by atoms with E-state index < -0.39 is 0 Å². The highest BCUT2D eigenvalue weighted by atomic mass is 16.5. The minimum atomic E-state index is 0.748. The summed E-state index contributed by atoms with van der Waals surface area (Å²) in [6.45, 7) is 6.42. The zero-order valence-corrected chi connectivity index (χ0v) is 16.8. The second-order valence-corrected chi connectivity index (χ2v) is 7.93. The Morgan fingerprint density at radius 3 is 3.00 bits per heavy atom. The first-order chi connectivity index (χ1) is 14.4. The Kier molecular flexibility index (Phi) is 5.33. The summed E-state index contributed by atoms with van der Waals surface area (Å²) in [6, 6.07) is 16.9. The molecule has 5 nitrogen and oxygen atoms in total. The smallest absolute Gasteiger partial charge is 0.119 e. The lowest BCUT2D eigenvalue weighted by Gasteiger charge is -2.19. The van der Waals surface area contributed by atoms with Gasteiger partial charge in [-0.2, -0.15) is 5.10 Å². The second kappa shape index (κ2) is 8.39. The van der Waals surface area contributed by atoms with E-state index in [0.717, 1.165) is 68.3 Å². The zero-order valence-electron chi connectivity index (χ0n) is 16.8. The van der Waals surface area contributed by atoms with Crippen LogP contribution in [-0.2, 0) is 6.42 Å². The number of nitrogens with zero attached hydrogens (tertiary/aromatic N) is 2. The lowest BCUT2D eigenvalue weighted by atomic mass is 10.1. The molecule has 29 heavy (non-hydrogen) atoms. The number of hydrogen-bond acceptors (Lipinski definition) is 4. The number of rotatable bonds is 6. The fourth-order valence-corrected chi connectivity index (χ4v) is 4.44. The topological polar surface area (TPSA) is 53.2 Å². The third kappa shape index (κ3) is 3.93. The van der Waals surface area contributed by atoms with Crippen molar-refractivity contribution in [3.63, 3.8) is 0 Å². The SMILES string of the molecule is c1cc(OCCCN2CCCNCC2)cc(-c2n[nH]c3c2Cc2ccccc2-3)c1. The van der Waals surface area contributed by atoms with Gasteiger partial charge < -0.3 is 15.0 Å². The van der Waals surface area contributed by atoms with E-state index in [0.29, 0.717) is 0 Å². The Morgan fingerprint density at radius 1 is 1.03 bits per heavy atom. The largest absolute Gasteiger partial charge is 0.494 e. The molecule has 5 heteroatoms. The zero-order chi connectivity index (χ0) is 19.5. The Labute approximate surface area is 172 Å². The van der Waals surface area contributed by atoms with Gasteiger partial charge in [0.25, 0.3) is 0 Å². The molecule has 2 aliphatic rings. The van der Waals surface area contributed by atoms with Crippen molar-refractivity contribution in [1.29, 1.82) is 0 Å². The van der Waals surface area contributed by atoms with E-state index in [2.05, 4.69) is 62.9 Å². The fourth-order valence-electron chi connectivity index (χ4n) is 4.44. The van der Waals surface area contributed by atoms with Gasteiger partial charge in [0.05, 0.1) is 18.0 Å². The van der Waals surface area contributed by atoms with Crippen molar-refractivity contribution in [2.24, 2.45) is 0 Å². The molecule has 3 aromatic rings. The second-order valence-electron chi connectivity index (χ2n) is 7.93. The molecule has 1 fully saturated rings. The van der Waals surface area contributed by atoms with Gasteiger partial charge in [0.15, 0.2) is 0 Å². The van der Waals surface area contributed by atoms with Crippen molar-refractivity contribution in [1.82, 2.24) is 20.4 Å². The summed E-state index contributed by atoms with van der Waals surface area (Å²) in [6.07, 6.45) is 3.23. The Balaban J connectivity index is 1.23. The summed E-state index contributed by atoms with van der Waals surface area (Å²) in [7, 11) is 0. The lowest BCUT2D eigenvalue weighted by molar-refractivity contribution is 0.244. The van der Waals surface area contributed by atoms with Gasteiger partial charge in [-0.1, -0.05) is 36.4 Å². The van der Waals surface area contributed by atoms with Crippen LogP contribution in [0.2, 0.25) is 0 Å². The number of hydrogen-bond donors (Lipinski definition) is 2. The molecule has 0 saturated carbocycles. The molecule has 1 aliphatic heterocycles. The maximum Gasteiger partial charge on any atom is 0.119 e.